The van der Waals surface area contributed by atoms with Crippen molar-refractivity contribution in [2.24, 2.45) is 5.73 Å². The van der Waals surface area contributed by atoms with Gasteiger partial charge in [-0.2, -0.15) is 0 Å². The van der Waals surface area contributed by atoms with E-state index in [1.54, 1.807) is 36.5 Å². The van der Waals surface area contributed by atoms with Crippen molar-refractivity contribution < 1.29 is 24.9 Å². The first-order valence-corrected chi connectivity index (χ1v) is 8.69. The van der Waals surface area contributed by atoms with Gasteiger partial charge in [-0.15, -0.1) is 12.4 Å². The largest absolute Gasteiger partial charge is 0.508 e. The van der Waals surface area contributed by atoms with Gasteiger partial charge in [0.25, 0.3) is 0 Å². The van der Waals surface area contributed by atoms with E-state index < -0.39 is 24.0 Å². The average molecular weight is 420 g/mol. The molecule has 1 heterocycles. The van der Waals surface area contributed by atoms with Gasteiger partial charge >= 0.3 is 5.97 Å². The zero-order valence-corrected chi connectivity index (χ0v) is 16.1. The van der Waals surface area contributed by atoms with Crippen molar-refractivity contribution in [2.75, 3.05) is 0 Å². The van der Waals surface area contributed by atoms with Gasteiger partial charge in [0.15, 0.2) is 0 Å². The molecule has 7 N–H and O–H groups in total. The fraction of sp³-hybridized carbons (Fsp3) is 0.200. The summed E-state index contributed by atoms with van der Waals surface area (Å²) in [5.41, 5.74) is 8.19. The smallest absolute Gasteiger partial charge is 0.326 e. The van der Waals surface area contributed by atoms with E-state index in [9.17, 15) is 24.9 Å². The number of aliphatic carboxylic acids is 1. The number of aromatic amines is 1. The lowest BCUT2D eigenvalue weighted by molar-refractivity contribution is -0.141. The van der Waals surface area contributed by atoms with Crippen LogP contribution in [0.25, 0.3) is 10.9 Å². The fourth-order valence-corrected chi connectivity index (χ4v) is 3.01. The van der Waals surface area contributed by atoms with Crippen LogP contribution in [0.1, 0.15) is 11.1 Å². The molecule has 2 aromatic carbocycles. The Hall–Kier alpha value is -3.23. The molecule has 0 fully saturated rings. The number of hydrogen-bond donors (Lipinski definition) is 6. The van der Waals surface area contributed by atoms with Gasteiger partial charge in [0, 0.05) is 23.5 Å². The van der Waals surface area contributed by atoms with E-state index in [2.05, 4.69) is 10.3 Å². The highest BCUT2D eigenvalue weighted by Crippen LogP contribution is 2.23. The van der Waals surface area contributed by atoms with Crippen molar-refractivity contribution in [1.82, 2.24) is 10.3 Å². The summed E-state index contributed by atoms with van der Waals surface area (Å²) in [6.07, 6.45) is 1.96. The first-order chi connectivity index (χ1) is 13.3. The molecule has 0 saturated carbocycles. The van der Waals surface area contributed by atoms with Crippen LogP contribution in [0.4, 0.5) is 0 Å². The van der Waals surface area contributed by atoms with Gasteiger partial charge in [-0.05, 0) is 47.9 Å². The highest BCUT2D eigenvalue weighted by atomic mass is 35.5. The Kier molecular flexibility index (Phi) is 7.08. The number of nitrogens with two attached hydrogens (primary N) is 1. The van der Waals surface area contributed by atoms with Crippen LogP contribution in [0.3, 0.4) is 0 Å². The standard InChI is InChI=1S/C20H21N3O5.ClH/c21-16(8-12-10-22-17-6-5-14(25)9-15(12)17)19(26)23-18(20(27)28)7-11-1-3-13(24)4-2-11;/h1-6,9-10,16,18,22,24-25H,7-8,21H2,(H,23,26)(H,27,28);1H/t16-,18-;/m0./s1. The second-order valence-electron chi connectivity index (χ2n) is 6.62. The van der Waals surface area contributed by atoms with Gasteiger partial charge in [-0.1, -0.05) is 12.1 Å². The minimum absolute atomic E-state index is 0. The van der Waals surface area contributed by atoms with E-state index >= 15 is 0 Å². The molecule has 2 atom stereocenters. The van der Waals surface area contributed by atoms with E-state index in [0.29, 0.717) is 5.56 Å². The summed E-state index contributed by atoms with van der Waals surface area (Å²) in [5.74, 6) is -1.58. The summed E-state index contributed by atoms with van der Waals surface area (Å²) < 4.78 is 0. The lowest BCUT2D eigenvalue weighted by atomic mass is 10.0. The van der Waals surface area contributed by atoms with Crippen molar-refractivity contribution in [3.05, 3.63) is 59.8 Å². The summed E-state index contributed by atoms with van der Waals surface area (Å²) in [5, 5.41) is 31.6. The lowest BCUT2D eigenvalue weighted by Crippen LogP contribution is -2.50. The first-order valence-electron chi connectivity index (χ1n) is 8.69. The Labute approximate surface area is 172 Å². The number of carbonyl (C=O) groups is 2. The predicted octanol–water partition coefficient (Wildman–Crippen LogP) is 1.68. The van der Waals surface area contributed by atoms with Crippen LogP contribution in [0.2, 0.25) is 0 Å². The maximum absolute atomic E-state index is 12.4. The number of amides is 1. The number of phenols is 2. The van der Waals surface area contributed by atoms with Gasteiger partial charge in [-0.3, -0.25) is 4.79 Å². The fourth-order valence-electron chi connectivity index (χ4n) is 3.01. The van der Waals surface area contributed by atoms with E-state index in [1.165, 1.54) is 12.1 Å². The predicted molar refractivity (Wildman–Crippen MR) is 110 cm³/mol. The molecule has 8 nitrogen and oxygen atoms in total. The van der Waals surface area contributed by atoms with Gasteiger partial charge in [0.2, 0.25) is 5.91 Å². The van der Waals surface area contributed by atoms with E-state index in [0.717, 1.165) is 16.5 Å². The minimum Gasteiger partial charge on any atom is -0.508 e. The zero-order valence-electron chi connectivity index (χ0n) is 15.3. The number of nitrogens with one attached hydrogen (secondary N) is 2. The normalized spacial score (nSPS) is 12.7. The number of benzene rings is 2. The molecule has 9 heteroatoms. The second kappa shape index (κ2) is 9.31. The molecular weight excluding hydrogens is 398 g/mol. The Bertz CT molecular complexity index is 1000. The number of aromatic nitrogens is 1. The van der Waals surface area contributed by atoms with Crippen molar-refractivity contribution in [3.8, 4) is 11.5 Å². The third-order valence-corrected chi connectivity index (χ3v) is 4.52. The van der Waals surface area contributed by atoms with Crippen LogP contribution in [0.15, 0.2) is 48.7 Å². The molecule has 3 rings (SSSR count). The lowest BCUT2D eigenvalue weighted by Gasteiger charge is -2.18. The summed E-state index contributed by atoms with van der Waals surface area (Å²) in [6.45, 7) is 0. The molecule has 0 radical (unpaired) electrons. The third kappa shape index (κ3) is 5.40. The number of H-pyrrole nitrogens is 1. The average Bonchev–Trinajstić information content (AvgIpc) is 3.04. The second-order valence-corrected chi connectivity index (χ2v) is 6.62. The van der Waals surface area contributed by atoms with Gasteiger partial charge in [0.05, 0.1) is 6.04 Å². The molecule has 0 aliphatic heterocycles. The molecule has 1 aromatic heterocycles. The van der Waals surface area contributed by atoms with Crippen LogP contribution in [0.5, 0.6) is 11.5 Å². The molecule has 0 bridgehead atoms. The van der Waals surface area contributed by atoms with E-state index in [1.807, 2.05) is 0 Å². The summed E-state index contributed by atoms with van der Waals surface area (Å²) in [7, 11) is 0. The maximum atomic E-state index is 12.4. The summed E-state index contributed by atoms with van der Waals surface area (Å²) >= 11 is 0. The number of fused-ring (bicyclic) bond motifs is 1. The molecule has 1 amide bonds. The van der Waals surface area contributed by atoms with Crippen LogP contribution in [0, 0.1) is 0 Å². The molecule has 154 valence electrons. The van der Waals surface area contributed by atoms with E-state index in [-0.39, 0.29) is 36.7 Å². The van der Waals surface area contributed by atoms with Gasteiger partial charge in [-0.25, -0.2) is 4.79 Å². The summed E-state index contributed by atoms with van der Waals surface area (Å²) in [6, 6.07) is 8.84. The number of aromatic hydroxyl groups is 2. The maximum Gasteiger partial charge on any atom is 0.326 e. The topological polar surface area (TPSA) is 149 Å². The molecule has 0 unspecified atom stereocenters. The quantitative estimate of drug-likeness (QED) is 0.343. The molecule has 29 heavy (non-hydrogen) atoms. The number of carbonyl (C=O) groups excluding carboxylic acids is 1. The minimum atomic E-state index is -1.18. The zero-order chi connectivity index (χ0) is 20.3. The number of carboxylic acids is 1. The SMILES string of the molecule is Cl.N[C@@H](Cc1c[nH]c2ccc(O)cc12)C(=O)N[C@@H](Cc1ccc(O)cc1)C(=O)O. The van der Waals surface area contributed by atoms with Crippen LogP contribution in [-0.4, -0.2) is 44.3 Å². The van der Waals surface area contributed by atoms with Crippen molar-refractivity contribution in [3.63, 3.8) is 0 Å². The van der Waals surface area contributed by atoms with Crippen molar-refractivity contribution >= 4 is 35.2 Å². The van der Waals surface area contributed by atoms with Crippen molar-refractivity contribution in [2.45, 2.75) is 24.9 Å². The molecule has 0 aliphatic rings. The van der Waals surface area contributed by atoms with E-state index in [4.69, 9.17) is 5.73 Å². The Morgan fingerprint density at radius 2 is 1.69 bits per heavy atom. The number of hydrogen-bond acceptors (Lipinski definition) is 5. The molecule has 3 aromatic rings. The highest BCUT2D eigenvalue weighted by Gasteiger charge is 2.24. The molecule has 0 aliphatic carbocycles. The van der Waals surface area contributed by atoms with Gasteiger partial charge < -0.3 is 31.4 Å². The Morgan fingerprint density at radius 3 is 2.34 bits per heavy atom. The number of halogens is 1. The Balaban J connectivity index is 0.00000300. The van der Waals surface area contributed by atoms with Crippen molar-refractivity contribution in [1.29, 1.82) is 0 Å². The van der Waals surface area contributed by atoms with Crippen LogP contribution in [-0.2, 0) is 22.4 Å². The number of rotatable bonds is 7. The number of carboxylic acid groups (broad SMARTS) is 1. The highest BCUT2D eigenvalue weighted by molar-refractivity contribution is 5.89. The van der Waals surface area contributed by atoms with Gasteiger partial charge in [0.1, 0.15) is 17.5 Å². The molecular formula is C20H22ClN3O5. The van der Waals surface area contributed by atoms with Crippen LogP contribution < -0.4 is 11.1 Å². The summed E-state index contributed by atoms with van der Waals surface area (Å²) in [4.78, 5) is 27.0. The van der Waals surface area contributed by atoms with Crippen LogP contribution >= 0.6 is 12.4 Å². The molecule has 0 saturated heterocycles. The first kappa shape index (κ1) is 22.1. The molecule has 0 spiro atoms. The Morgan fingerprint density at radius 1 is 1.03 bits per heavy atom. The number of phenolic OH excluding ortho intramolecular Hbond substituents is 2. The monoisotopic (exact) mass is 419 g/mol. The third-order valence-electron chi connectivity index (χ3n) is 4.52.